The fourth-order valence-corrected chi connectivity index (χ4v) is 2.70. The summed E-state index contributed by atoms with van der Waals surface area (Å²) < 4.78 is 6.42. The smallest absolute Gasteiger partial charge is 0.270 e. The van der Waals surface area contributed by atoms with E-state index in [1.54, 1.807) is 24.3 Å². The molecule has 0 aliphatic carbocycles. The van der Waals surface area contributed by atoms with Gasteiger partial charge in [-0.05, 0) is 51.9 Å². The molecule has 6 heteroatoms. The average molecular weight is 432 g/mol. The fourth-order valence-electron chi connectivity index (χ4n) is 2.01. The SMILES string of the molecule is C=CCOc1ccc(/C=C(/C#N)c2cccc([N+](=O)[O-])c2)cc1I. The summed E-state index contributed by atoms with van der Waals surface area (Å²) >= 11 is 2.15. The lowest BCUT2D eigenvalue weighted by atomic mass is 10.0. The summed E-state index contributed by atoms with van der Waals surface area (Å²) in [7, 11) is 0. The Bertz CT molecular complexity index is 854. The normalized spacial score (nSPS) is 10.8. The summed E-state index contributed by atoms with van der Waals surface area (Å²) in [5.41, 5.74) is 1.63. The topological polar surface area (TPSA) is 76.2 Å². The van der Waals surface area contributed by atoms with Crippen LogP contribution in [-0.2, 0) is 0 Å². The van der Waals surface area contributed by atoms with E-state index in [1.165, 1.54) is 12.1 Å². The quantitative estimate of drug-likeness (QED) is 0.164. The third-order valence-electron chi connectivity index (χ3n) is 3.11. The molecule has 0 bridgehead atoms. The number of benzene rings is 2. The monoisotopic (exact) mass is 432 g/mol. The zero-order valence-corrected chi connectivity index (χ0v) is 14.8. The van der Waals surface area contributed by atoms with Crippen molar-refractivity contribution in [3.8, 4) is 11.8 Å². The van der Waals surface area contributed by atoms with Crippen LogP contribution in [0, 0.1) is 25.0 Å². The van der Waals surface area contributed by atoms with Crippen LogP contribution in [0.3, 0.4) is 0 Å². The second-order valence-electron chi connectivity index (χ2n) is 4.77. The maximum Gasteiger partial charge on any atom is 0.270 e. The molecule has 2 aromatic rings. The molecule has 0 aromatic heterocycles. The van der Waals surface area contributed by atoms with Crippen molar-refractivity contribution >= 4 is 39.9 Å². The molecule has 0 radical (unpaired) electrons. The highest BCUT2D eigenvalue weighted by Gasteiger charge is 2.09. The van der Waals surface area contributed by atoms with Gasteiger partial charge in [0, 0.05) is 12.1 Å². The van der Waals surface area contributed by atoms with Gasteiger partial charge in [0.25, 0.3) is 5.69 Å². The van der Waals surface area contributed by atoms with Crippen LogP contribution in [0.25, 0.3) is 11.6 Å². The second-order valence-corrected chi connectivity index (χ2v) is 5.93. The minimum atomic E-state index is -0.479. The minimum absolute atomic E-state index is 0.0450. The molecule has 0 saturated heterocycles. The Kier molecular flexibility index (Phi) is 6.09. The molecule has 24 heavy (non-hydrogen) atoms. The zero-order valence-electron chi connectivity index (χ0n) is 12.6. The summed E-state index contributed by atoms with van der Waals surface area (Å²) in [6.07, 6.45) is 3.36. The fraction of sp³-hybridized carbons (Fsp3) is 0.0556. The average Bonchev–Trinajstić information content (AvgIpc) is 2.59. The van der Waals surface area contributed by atoms with E-state index in [-0.39, 0.29) is 5.69 Å². The van der Waals surface area contributed by atoms with Gasteiger partial charge in [-0.25, -0.2) is 0 Å². The first kappa shape index (κ1) is 17.7. The number of hydrogen-bond donors (Lipinski definition) is 0. The molecule has 2 aromatic carbocycles. The number of allylic oxidation sites excluding steroid dienone is 1. The van der Waals surface area contributed by atoms with Crippen molar-refractivity contribution < 1.29 is 9.66 Å². The van der Waals surface area contributed by atoms with Crippen LogP contribution in [0.5, 0.6) is 5.75 Å². The number of nitro groups is 1. The molecule has 0 atom stereocenters. The number of non-ortho nitro benzene ring substituents is 1. The van der Waals surface area contributed by atoms with Gasteiger partial charge < -0.3 is 4.74 Å². The number of nitro benzene ring substituents is 1. The zero-order chi connectivity index (χ0) is 17.5. The van der Waals surface area contributed by atoms with Crippen LogP contribution in [0.1, 0.15) is 11.1 Å². The van der Waals surface area contributed by atoms with Crippen molar-refractivity contribution in [2.75, 3.05) is 6.61 Å². The molecule has 0 aliphatic rings. The molecule has 0 spiro atoms. The van der Waals surface area contributed by atoms with E-state index in [1.807, 2.05) is 18.2 Å². The summed E-state index contributed by atoms with van der Waals surface area (Å²) in [6.45, 7) is 4.02. The molecule has 0 N–H and O–H groups in total. The van der Waals surface area contributed by atoms with Crippen molar-refractivity contribution in [1.82, 2.24) is 0 Å². The molecular weight excluding hydrogens is 419 g/mol. The first-order valence-electron chi connectivity index (χ1n) is 6.95. The molecular formula is C18H13IN2O3. The van der Waals surface area contributed by atoms with Gasteiger partial charge in [0.1, 0.15) is 12.4 Å². The molecule has 5 nitrogen and oxygen atoms in total. The van der Waals surface area contributed by atoms with Crippen LogP contribution >= 0.6 is 22.6 Å². The number of nitriles is 1. The van der Waals surface area contributed by atoms with E-state index in [0.717, 1.165) is 14.9 Å². The molecule has 0 amide bonds. The Hall–Kier alpha value is -2.66. The molecule has 120 valence electrons. The van der Waals surface area contributed by atoms with E-state index in [0.29, 0.717) is 17.7 Å². The molecule has 0 heterocycles. The summed E-state index contributed by atoms with van der Waals surface area (Å²) in [6, 6.07) is 13.6. The van der Waals surface area contributed by atoms with Gasteiger partial charge in [-0.1, -0.05) is 30.9 Å². The van der Waals surface area contributed by atoms with E-state index in [2.05, 4.69) is 35.2 Å². The molecule has 0 saturated carbocycles. The van der Waals surface area contributed by atoms with Crippen molar-refractivity contribution in [1.29, 1.82) is 5.26 Å². The van der Waals surface area contributed by atoms with E-state index < -0.39 is 4.92 Å². The van der Waals surface area contributed by atoms with Gasteiger partial charge in [-0.15, -0.1) is 0 Å². The van der Waals surface area contributed by atoms with Crippen molar-refractivity contribution in [2.45, 2.75) is 0 Å². The first-order chi connectivity index (χ1) is 11.5. The number of nitrogens with zero attached hydrogens (tertiary/aromatic N) is 2. The van der Waals surface area contributed by atoms with Crippen molar-refractivity contribution in [3.05, 3.63) is 79.9 Å². The standard InChI is InChI=1S/C18H13IN2O3/c1-2-8-24-18-7-6-13(10-17(18)19)9-15(12-20)14-4-3-5-16(11-14)21(22)23/h2-7,9-11H,1,8H2/b15-9-. The number of hydrogen-bond acceptors (Lipinski definition) is 4. The first-order valence-corrected chi connectivity index (χ1v) is 8.03. The van der Waals surface area contributed by atoms with E-state index in [9.17, 15) is 15.4 Å². The lowest BCUT2D eigenvalue weighted by Crippen LogP contribution is -1.95. The highest BCUT2D eigenvalue weighted by atomic mass is 127. The lowest BCUT2D eigenvalue weighted by Gasteiger charge is -2.07. The Morgan fingerprint density at radius 3 is 2.79 bits per heavy atom. The molecule has 2 rings (SSSR count). The van der Waals surface area contributed by atoms with E-state index in [4.69, 9.17) is 4.74 Å². The van der Waals surface area contributed by atoms with Crippen LogP contribution < -0.4 is 4.74 Å². The third-order valence-corrected chi connectivity index (χ3v) is 3.96. The third kappa shape index (κ3) is 4.43. The van der Waals surface area contributed by atoms with Gasteiger partial charge in [-0.2, -0.15) is 5.26 Å². The predicted octanol–water partition coefficient (Wildman–Crippen LogP) is 4.83. The van der Waals surface area contributed by atoms with E-state index >= 15 is 0 Å². The van der Waals surface area contributed by atoms with Crippen molar-refractivity contribution in [3.63, 3.8) is 0 Å². The number of halogens is 1. The maximum absolute atomic E-state index is 10.9. The summed E-state index contributed by atoms with van der Waals surface area (Å²) in [4.78, 5) is 10.4. The highest BCUT2D eigenvalue weighted by Crippen LogP contribution is 2.26. The summed E-state index contributed by atoms with van der Waals surface area (Å²) in [5.74, 6) is 0.738. The Morgan fingerprint density at radius 2 is 2.17 bits per heavy atom. The molecule has 0 fully saturated rings. The Labute approximate surface area is 153 Å². The van der Waals surface area contributed by atoms with Crippen LogP contribution in [0.15, 0.2) is 55.1 Å². The van der Waals surface area contributed by atoms with Gasteiger partial charge in [0.05, 0.1) is 20.1 Å². The lowest BCUT2D eigenvalue weighted by molar-refractivity contribution is -0.384. The van der Waals surface area contributed by atoms with Gasteiger partial charge >= 0.3 is 0 Å². The van der Waals surface area contributed by atoms with Gasteiger partial charge in [0.15, 0.2) is 0 Å². The molecule has 0 aliphatic heterocycles. The minimum Gasteiger partial charge on any atom is -0.488 e. The number of ether oxygens (including phenoxy) is 1. The van der Waals surface area contributed by atoms with Gasteiger partial charge in [-0.3, -0.25) is 10.1 Å². The second kappa shape index (κ2) is 8.26. The summed E-state index contributed by atoms with van der Waals surface area (Å²) in [5, 5.41) is 20.3. The van der Waals surface area contributed by atoms with Crippen molar-refractivity contribution in [2.24, 2.45) is 0 Å². The molecule has 0 unspecified atom stereocenters. The maximum atomic E-state index is 10.9. The van der Waals surface area contributed by atoms with Crippen LogP contribution in [-0.4, -0.2) is 11.5 Å². The van der Waals surface area contributed by atoms with Crippen LogP contribution in [0.4, 0.5) is 5.69 Å². The highest BCUT2D eigenvalue weighted by molar-refractivity contribution is 14.1. The largest absolute Gasteiger partial charge is 0.488 e. The Balaban J connectivity index is 2.35. The van der Waals surface area contributed by atoms with Crippen LogP contribution in [0.2, 0.25) is 0 Å². The predicted molar refractivity (Wildman–Crippen MR) is 101 cm³/mol. The number of rotatable bonds is 6. The van der Waals surface area contributed by atoms with Gasteiger partial charge in [0.2, 0.25) is 0 Å². The Morgan fingerprint density at radius 1 is 1.38 bits per heavy atom.